The maximum absolute atomic E-state index is 6.05. The standard InChI is InChI=1S/C12H21BrO/c13-9-12(7-3-4-8-12)10-14-11-5-1-2-6-11/h11H,1-10H2. The molecular formula is C12H21BrO. The average Bonchev–Trinajstić information content (AvgIpc) is 2.87. The van der Waals surface area contributed by atoms with Crippen molar-refractivity contribution in [1.82, 2.24) is 0 Å². The second-order valence-corrected chi connectivity index (χ2v) is 5.62. The van der Waals surface area contributed by atoms with Crippen LogP contribution in [0.2, 0.25) is 0 Å². The molecule has 2 fully saturated rings. The molecule has 0 aromatic heterocycles. The van der Waals surface area contributed by atoms with Gasteiger partial charge in [-0.3, -0.25) is 0 Å². The average molecular weight is 261 g/mol. The maximum atomic E-state index is 6.05. The highest BCUT2D eigenvalue weighted by Gasteiger charge is 2.34. The first-order valence-corrected chi connectivity index (χ1v) is 7.14. The van der Waals surface area contributed by atoms with Crippen LogP contribution in [0.5, 0.6) is 0 Å². The van der Waals surface area contributed by atoms with Crippen molar-refractivity contribution >= 4 is 15.9 Å². The van der Waals surface area contributed by atoms with Gasteiger partial charge in [0.2, 0.25) is 0 Å². The molecule has 0 N–H and O–H groups in total. The number of hydrogen-bond donors (Lipinski definition) is 0. The Balaban J connectivity index is 1.76. The highest BCUT2D eigenvalue weighted by Crippen LogP contribution is 2.40. The van der Waals surface area contributed by atoms with Gasteiger partial charge in [0, 0.05) is 10.7 Å². The molecule has 0 spiro atoms. The van der Waals surface area contributed by atoms with E-state index in [0.29, 0.717) is 11.5 Å². The Morgan fingerprint density at radius 1 is 1.07 bits per heavy atom. The molecule has 82 valence electrons. The van der Waals surface area contributed by atoms with Crippen LogP contribution in [-0.2, 0) is 4.74 Å². The van der Waals surface area contributed by atoms with Crippen LogP contribution in [0.15, 0.2) is 0 Å². The van der Waals surface area contributed by atoms with Gasteiger partial charge in [-0.15, -0.1) is 0 Å². The summed E-state index contributed by atoms with van der Waals surface area (Å²) in [7, 11) is 0. The predicted molar refractivity (Wildman–Crippen MR) is 62.9 cm³/mol. The van der Waals surface area contributed by atoms with Crippen molar-refractivity contribution in [1.29, 1.82) is 0 Å². The molecule has 0 heterocycles. The zero-order valence-electron chi connectivity index (χ0n) is 8.93. The molecule has 2 saturated carbocycles. The van der Waals surface area contributed by atoms with Crippen LogP contribution in [0.1, 0.15) is 51.4 Å². The number of alkyl halides is 1. The summed E-state index contributed by atoms with van der Waals surface area (Å²) in [5.41, 5.74) is 0.489. The van der Waals surface area contributed by atoms with Crippen LogP contribution < -0.4 is 0 Å². The van der Waals surface area contributed by atoms with Crippen molar-refractivity contribution < 1.29 is 4.74 Å². The quantitative estimate of drug-likeness (QED) is 0.697. The molecule has 14 heavy (non-hydrogen) atoms. The Kier molecular flexibility index (Phi) is 3.89. The van der Waals surface area contributed by atoms with Crippen molar-refractivity contribution in [3.8, 4) is 0 Å². The van der Waals surface area contributed by atoms with Gasteiger partial charge >= 0.3 is 0 Å². The highest BCUT2D eigenvalue weighted by molar-refractivity contribution is 9.09. The Hall–Kier alpha value is 0.440. The van der Waals surface area contributed by atoms with E-state index in [1.165, 1.54) is 51.4 Å². The van der Waals surface area contributed by atoms with Crippen LogP contribution in [-0.4, -0.2) is 18.0 Å². The third-order valence-corrected chi connectivity index (χ3v) is 5.06. The minimum absolute atomic E-state index is 0.489. The van der Waals surface area contributed by atoms with E-state index in [0.717, 1.165) is 11.9 Å². The second kappa shape index (κ2) is 4.98. The fraction of sp³-hybridized carbons (Fsp3) is 1.00. The topological polar surface area (TPSA) is 9.23 Å². The van der Waals surface area contributed by atoms with Crippen molar-refractivity contribution in [2.75, 3.05) is 11.9 Å². The minimum Gasteiger partial charge on any atom is -0.378 e. The van der Waals surface area contributed by atoms with E-state index >= 15 is 0 Å². The van der Waals surface area contributed by atoms with E-state index in [2.05, 4.69) is 15.9 Å². The Bertz CT molecular complexity index is 169. The number of halogens is 1. The number of rotatable bonds is 4. The lowest BCUT2D eigenvalue weighted by atomic mass is 9.90. The lowest BCUT2D eigenvalue weighted by molar-refractivity contribution is 0.00474. The van der Waals surface area contributed by atoms with Crippen molar-refractivity contribution in [3.05, 3.63) is 0 Å². The van der Waals surface area contributed by atoms with Gasteiger partial charge in [-0.25, -0.2) is 0 Å². The molecule has 0 unspecified atom stereocenters. The summed E-state index contributed by atoms with van der Waals surface area (Å²) in [5.74, 6) is 0. The van der Waals surface area contributed by atoms with Crippen LogP contribution in [0, 0.1) is 5.41 Å². The van der Waals surface area contributed by atoms with E-state index in [-0.39, 0.29) is 0 Å². The molecule has 2 aliphatic rings. The zero-order valence-corrected chi connectivity index (χ0v) is 10.5. The first-order chi connectivity index (χ1) is 6.85. The largest absolute Gasteiger partial charge is 0.378 e. The molecular weight excluding hydrogens is 240 g/mol. The molecule has 2 aliphatic carbocycles. The first kappa shape index (κ1) is 10.9. The third kappa shape index (κ3) is 2.52. The van der Waals surface area contributed by atoms with Gasteiger partial charge in [0.05, 0.1) is 12.7 Å². The SMILES string of the molecule is BrCC1(COC2CCCC2)CCCC1. The Morgan fingerprint density at radius 3 is 2.29 bits per heavy atom. The molecule has 0 aromatic carbocycles. The maximum Gasteiger partial charge on any atom is 0.0575 e. The smallest absolute Gasteiger partial charge is 0.0575 e. The summed E-state index contributed by atoms with van der Waals surface area (Å²) in [6.45, 7) is 1.00. The molecule has 0 bridgehead atoms. The van der Waals surface area contributed by atoms with Crippen molar-refractivity contribution in [2.24, 2.45) is 5.41 Å². The molecule has 0 saturated heterocycles. The number of hydrogen-bond acceptors (Lipinski definition) is 1. The van der Waals surface area contributed by atoms with Crippen LogP contribution in [0.25, 0.3) is 0 Å². The van der Waals surface area contributed by atoms with Crippen LogP contribution in [0.4, 0.5) is 0 Å². The van der Waals surface area contributed by atoms with Crippen molar-refractivity contribution in [2.45, 2.75) is 57.5 Å². The van der Waals surface area contributed by atoms with E-state index in [4.69, 9.17) is 4.74 Å². The highest BCUT2D eigenvalue weighted by atomic mass is 79.9. The summed E-state index contributed by atoms with van der Waals surface area (Å²) in [4.78, 5) is 0. The molecule has 0 atom stereocenters. The van der Waals surface area contributed by atoms with Gasteiger partial charge in [0.15, 0.2) is 0 Å². The summed E-state index contributed by atoms with van der Waals surface area (Å²) in [6, 6.07) is 0. The second-order valence-electron chi connectivity index (χ2n) is 5.06. The number of ether oxygens (including phenoxy) is 1. The Labute approximate surface area is 95.7 Å². The Morgan fingerprint density at radius 2 is 1.71 bits per heavy atom. The van der Waals surface area contributed by atoms with Gasteiger partial charge in [0.25, 0.3) is 0 Å². The molecule has 0 amide bonds. The molecule has 2 rings (SSSR count). The first-order valence-electron chi connectivity index (χ1n) is 6.02. The lowest BCUT2D eigenvalue weighted by Gasteiger charge is -2.27. The fourth-order valence-electron chi connectivity index (χ4n) is 2.79. The third-order valence-electron chi connectivity index (χ3n) is 3.88. The van der Waals surface area contributed by atoms with Gasteiger partial charge in [0.1, 0.15) is 0 Å². The molecule has 2 heteroatoms. The van der Waals surface area contributed by atoms with Gasteiger partial charge in [-0.05, 0) is 25.7 Å². The summed E-state index contributed by atoms with van der Waals surface area (Å²) < 4.78 is 6.05. The van der Waals surface area contributed by atoms with Gasteiger partial charge in [-0.2, -0.15) is 0 Å². The van der Waals surface area contributed by atoms with E-state index in [1.807, 2.05) is 0 Å². The van der Waals surface area contributed by atoms with Crippen LogP contribution in [0.3, 0.4) is 0 Å². The fourth-order valence-corrected chi connectivity index (χ4v) is 3.51. The summed E-state index contributed by atoms with van der Waals surface area (Å²) in [5, 5.41) is 1.13. The zero-order chi connectivity index (χ0) is 9.86. The van der Waals surface area contributed by atoms with Crippen molar-refractivity contribution in [3.63, 3.8) is 0 Å². The normalized spacial score (nSPS) is 27.2. The molecule has 0 radical (unpaired) electrons. The van der Waals surface area contributed by atoms with E-state index in [1.54, 1.807) is 0 Å². The summed E-state index contributed by atoms with van der Waals surface area (Å²) >= 11 is 3.66. The molecule has 0 aromatic rings. The summed E-state index contributed by atoms with van der Waals surface area (Å²) in [6.07, 6.45) is 11.5. The monoisotopic (exact) mass is 260 g/mol. The van der Waals surface area contributed by atoms with E-state index in [9.17, 15) is 0 Å². The molecule has 0 aliphatic heterocycles. The predicted octanol–water partition coefficient (Wildman–Crippen LogP) is 3.90. The lowest BCUT2D eigenvalue weighted by Crippen LogP contribution is -2.27. The van der Waals surface area contributed by atoms with Gasteiger partial charge in [-0.1, -0.05) is 41.6 Å². The minimum atomic E-state index is 0.489. The molecule has 1 nitrogen and oxygen atoms in total. The van der Waals surface area contributed by atoms with Crippen LogP contribution >= 0.6 is 15.9 Å². The van der Waals surface area contributed by atoms with E-state index < -0.39 is 0 Å². The van der Waals surface area contributed by atoms with Gasteiger partial charge < -0.3 is 4.74 Å².